The summed E-state index contributed by atoms with van der Waals surface area (Å²) in [5.74, 6) is 0. The summed E-state index contributed by atoms with van der Waals surface area (Å²) in [5, 5.41) is 24.1. The summed E-state index contributed by atoms with van der Waals surface area (Å²) >= 11 is 0. The first-order valence-electron chi connectivity index (χ1n) is 10.9. The van der Waals surface area contributed by atoms with E-state index >= 15 is 0 Å². The highest BCUT2D eigenvalue weighted by molar-refractivity contribution is 5.39. The quantitative estimate of drug-likeness (QED) is 0.412. The first-order valence-corrected chi connectivity index (χ1v) is 10.9. The van der Waals surface area contributed by atoms with Crippen LogP contribution in [0.1, 0.15) is 28.3 Å². The minimum atomic E-state index is -1.59. The van der Waals surface area contributed by atoms with E-state index in [-0.39, 0.29) is 0 Å². The molecule has 3 nitrogen and oxygen atoms in total. The third kappa shape index (κ3) is 4.51. The Morgan fingerprint density at radius 2 is 1.06 bits per heavy atom. The standard InChI is InChI=1S/C29H29NO2/c1-30(22-23-14-6-2-7-15-23)27(24-16-8-3-9-17-24)28(31)29(32,25-18-10-4-11-19-25)26-20-12-5-13-21-26/h2-21,27-28,31-32H,22H2,1H3/t27-,28-/m0/s1. The molecule has 0 aliphatic heterocycles. The van der Waals surface area contributed by atoms with Crippen molar-refractivity contribution in [2.75, 3.05) is 7.05 Å². The lowest BCUT2D eigenvalue weighted by Crippen LogP contribution is -2.48. The lowest BCUT2D eigenvalue weighted by Gasteiger charge is -2.42. The molecule has 32 heavy (non-hydrogen) atoms. The van der Waals surface area contributed by atoms with Crippen molar-refractivity contribution in [3.05, 3.63) is 144 Å². The molecule has 2 N–H and O–H groups in total. The van der Waals surface area contributed by atoms with Crippen LogP contribution in [0.5, 0.6) is 0 Å². The third-order valence-electron chi connectivity index (χ3n) is 6.05. The smallest absolute Gasteiger partial charge is 0.142 e. The summed E-state index contributed by atoms with van der Waals surface area (Å²) in [7, 11) is 1.99. The fraction of sp³-hybridized carbons (Fsp3) is 0.172. The highest BCUT2D eigenvalue weighted by Crippen LogP contribution is 2.40. The molecule has 3 heteroatoms. The van der Waals surface area contributed by atoms with Gasteiger partial charge in [-0.1, -0.05) is 121 Å². The summed E-state index contributed by atoms with van der Waals surface area (Å²) < 4.78 is 0. The van der Waals surface area contributed by atoms with E-state index in [1.54, 1.807) is 0 Å². The molecule has 0 aromatic heterocycles. The normalized spacial score (nSPS) is 13.6. The molecule has 0 unspecified atom stereocenters. The van der Waals surface area contributed by atoms with Crippen molar-refractivity contribution in [1.82, 2.24) is 4.90 Å². The minimum Gasteiger partial charge on any atom is -0.387 e. The monoisotopic (exact) mass is 423 g/mol. The van der Waals surface area contributed by atoms with Gasteiger partial charge in [0.1, 0.15) is 11.7 Å². The Balaban J connectivity index is 1.81. The van der Waals surface area contributed by atoms with Gasteiger partial charge in [-0.15, -0.1) is 0 Å². The summed E-state index contributed by atoms with van der Waals surface area (Å²) in [5.41, 5.74) is 1.82. The van der Waals surface area contributed by atoms with Crippen molar-refractivity contribution in [2.24, 2.45) is 0 Å². The van der Waals surface area contributed by atoms with E-state index in [1.165, 1.54) is 0 Å². The number of likely N-dealkylation sites (N-methyl/N-ethyl adjacent to an activating group) is 1. The topological polar surface area (TPSA) is 43.7 Å². The Labute approximate surface area is 190 Å². The van der Waals surface area contributed by atoms with Gasteiger partial charge in [0.15, 0.2) is 0 Å². The number of benzene rings is 4. The van der Waals surface area contributed by atoms with Gasteiger partial charge in [0, 0.05) is 6.54 Å². The van der Waals surface area contributed by atoms with E-state index in [2.05, 4.69) is 17.0 Å². The van der Waals surface area contributed by atoms with Gasteiger partial charge in [0.25, 0.3) is 0 Å². The highest BCUT2D eigenvalue weighted by Gasteiger charge is 2.45. The maximum absolute atomic E-state index is 12.2. The van der Waals surface area contributed by atoms with Crippen LogP contribution in [-0.2, 0) is 12.1 Å². The van der Waals surface area contributed by atoms with Gasteiger partial charge in [-0.05, 0) is 29.3 Å². The van der Waals surface area contributed by atoms with Crippen LogP contribution < -0.4 is 0 Å². The number of hydrogen-bond acceptors (Lipinski definition) is 3. The summed E-state index contributed by atoms with van der Waals surface area (Å²) in [6.07, 6.45) is -1.12. The summed E-state index contributed by atoms with van der Waals surface area (Å²) in [6.45, 7) is 0.636. The Morgan fingerprint density at radius 3 is 1.53 bits per heavy atom. The van der Waals surface area contributed by atoms with Crippen LogP contribution in [-0.4, -0.2) is 28.3 Å². The van der Waals surface area contributed by atoms with Crippen LogP contribution in [0.15, 0.2) is 121 Å². The maximum atomic E-state index is 12.2. The van der Waals surface area contributed by atoms with Crippen molar-refractivity contribution in [2.45, 2.75) is 24.3 Å². The molecule has 0 aliphatic carbocycles. The molecule has 0 amide bonds. The molecular weight excluding hydrogens is 394 g/mol. The van der Waals surface area contributed by atoms with Crippen molar-refractivity contribution < 1.29 is 10.2 Å². The van der Waals surface area contributed by atoms with Gasteiger partial charge >= 0.3 is 0 Å². The van der Waals surface area contributed by atoms with Gasteiger partial charge in [-0.3, -0.25) is 4.90 Å². The number of rotatable bonds is 8. The van der Waals surface area contributed by atoms with E-state index in [0.29, 0.717) is 17.7 Å². The van der Waals surface area contributed by atoms with Crippen molar-refractivity contribution >= 4 is 0 Å². The zero-order valence-electron chi connectivity index (χ0n) is 18.3. The van der Waals surface area contributed by atoms with Gasteiger partial charge < -0.3 is 10.2 Å². The second-order valence-electron chi connectivity index (χ2n) is 8.20. The number of hydrogen-bond donors (Lipinski definition) is 2. The van der Waals surface area contributed by atoms with Crippen LogP contribution in [0.3, 0.4) is 0 Å². The molecule has 0 spiro atoms. The van der Waals surface area contributed by atoms with Crippen LogP contribution in [0, 0.1) is 0 Å². The van der Waals surface area contributed by atoms with E-state index in [9.17, 15) is 10.2 Å². The van der Waals surface area contributed by atoms with Gasteiger partial charge in [0.2, 0.25) is 0 Å². The molecule has 4 aromatic carbocycles. The van der Waals surface area contributed by atoms with Crippen LogP contribution in [0.25, 0.3) is 0 Å². The summed E-state index contributed by atoms with van der Waals surface area (Å²) in [4.78, 5) is 2.10. The van der Waals surface area contributed by atoms with Gasteiger partial charge in [-0.25, -0.2) is 0 Å². The Hall–Kier alpha value is -3.24. The highest BCUT2D eigenvalue weighted by atomic mass is 16.3. The first kappa shape index (κ1) is 22.0. The average molecular weight is 424 g/mol. The second-order valence-corrected chi connectivity index (χ2v) is 8.20. The molecule has 0 radical (unpaired) electrons. The lowest BCUT2D eigenvalue weighted by atomic mass is 9.77. The SMILES string of the molecule is CN(Cc1ccccc1)[C@@H](c1ccccc1)[C@H](O)C(O)(c1ccccc1)c1ccccc1. The van der Waals surface area contributed by atoms with E-state index < -0.39 is 17.7 Å². The Kier molecular flexibility index (Phi) is 6.81. The lowest BCUT2D eigenvalue weighted by molar-refractivity contribution is -0.0907. The fourth-order valence-corrected chi connectivity index (χ4v) is 4.42. The third-order valence-corrected chi connectivity index (χ3v) is 6.05. The Morgan fingerprint density at radius 1 is 0.656 bits per heavy atom. The second kappa shape index (κ2) is 9.92. The Bertz CT molecular complexity index is 1050. The molecule has 0 bridgehead atoms. The van der Waals surface area contributed by atoms with Gasteiger partial charge in [0.05, 0.1) is 6.04 Å². The molecule has 4 rings (SSSR count). The van der Waals surface area contributed by atoms with Crippen molar-refractivity contribution in [3.8, 4) is 0 Å². The minimum absolute atomic E-state index is 0.443. The predicted octanol–water partition coefficient (Wildman–Crippen LogP) is 5.16. The fourth-order valence-electron chi connectivity index (χ4n) is 4.42. The zero-order valence-corrected chi connectivity index (χ0v) is 18.3. The first-order chi connectivity index (χ1) is 15.6. The summed E-state index contributed by atoms with van der Waals surface area (Å²) in [6, 6.07) is 38.5. The molecule has 2 atom stereocenters. The molecule has 0 heterocycles. The molecule has 0 fully saturated rings. The molecule has 4 aromatic rings. The maximum Gasteiger partial charge on any atom is 0.142 e. The predicted molar refractivity (Wildman–Crippen MR) is 129 cm³/mol. The van der Waals surface area contributed by atoms with E-state index in [4.69, 9.17) is 0 Å². The van der Waals surface area contributed by atoms with Crippen LogP contribution >= 0.6 is 0 Å². The van der Waals surface area contributed by atoms with Crippen molar-refractivity contribution in [3.63, 3.8) is 0 Å². The van der Waals surface area contributed by atoms with E-state index in [1.807, 2.05) is 116 Å². The average Bonchev–Trinajstić information content (AvgIpc) is 2.86. The number of aliphatic hydroxyl groups excluding tert-OH is 1. The number of aliphatic hydroxyl groups is 2. The van der Waals surface area contributed by atoms with Crippen LogP contribution in [0.2, 0.25) is 0 Å². The zero-order chi connectivity index (χ0) is 22.4. The molecule has 0 aliphatic rings. The van der Waals surface area contributed by atoms with E-state index in [0.717, 1.165) is 11.1 Å². The van der Waals surface area contributed by atoms with Crippen molar-refractivity contribution in [1.29, 1.82) is 0 Å². The van der Waals surface area contributed by atoms with Crippen LogP contribution in [0.4, 0.5) is 0 Å². The molecule has 0 saturated carbocycles. The van der Waals surface area contributed by atoms with Gasteiger partial charge in [-0.2, -0.15) is 0 Å². The number of nitrogens with zero attached hydrogens (tertiary/aromatic N) is 1. The molecule has 0 saturated heterocycles. The molecular formula is C29H29NO2. The largest absolute Gasteiger partial charge is 0.387 e. The molecule has 162 valence electrons.